The number of amides is 1. The molecule has 0 spiro atoms. The highest BCUT2D eigenvalue weighted by Gasteiger charge is 2.38. The van der Waals surface area contributed by atoms with E-state index in [1.54, 1.807) is 0 Å². The van der Waals surface area contributed by atoms with Gasteiger partial charge in [-0.25, -0.2) is 0 Å². The monoisotopic (exact) mass is 304 g/mol. The molecule has 4 unspecified atom stereocenters. The summed E-state index contributed by atoms with van der Waals surface area (Å²) in [7, 11) is 0. The lowest BCUT2D eigenvalue weighted by Crippen LogP contribution is -2.53. The van der Waals surface area contributed by atoms with E-state index in [4.69, 9.17) is 5.73 Å². The number of carbonyl (C=O) groups excluding carboxylic acids is 1. The Morgan fingerprint density at radius 2 is 1.90 bits per heavy atom. The smallest absolute Gasteiger partial charge is 0.224 e. The normalized spacial score (nSPS) is 37.9. The Kier molecular flexibility index (Phi) is 6.76. The molecule has 0 radical (unpaired) electrons. The standard InChI is InChI=1S/C15H28N2O2.ClH/c1-15(16)9-5-4-7-12(15)14(19)17-10-11-6-2-3-8-13(11)18;/h11-13,18H,2-10,16H2,1H3,(H,17,19);1H. The third-order valence-corrected chi connectivity index (χ3v) is 4.98. The molecule has 4 nitrogen and oxygen atoms in total. The Morgan fingerprint density at radius 1 is 1.25 bits per heavy atom. The van der Waals surface area contributed by atoms with Crippen LogP contribution in [0.4, 0.5) is 0 Å². The molecule has 2 aliphatic carbocycles. The van der Waals surface area contributed by atoms with Gasteiger partial charge < -0.3 is 16.2 Å². The van der Waals surface area contributed by atoms with Crippen LogP contribution in [0.15, 0.2) is 0 Å². The molecule has 2 rings (SSSR count). The fourth-order valence-corrected chi connectivity index (χ4v) is 3.57. The Labute approximate surface area is 128 Å². The van der Waals surface area contributed by atoms with Gasteiger partial charge in [-0.05, 0) is 32.6 Å². The van der Waals surface area contributed by atoms with Crippen LogP contribution < -0.4 is 11.1 Å². The van der Waals surface area contributed by atoms with Crippen molar-refractivity contribution in [2.45, 2.75) is 69.9 Å². The van der Waals surface area contributed by atoms with E-state index in [0.29, 0.717) is 6.54 Å². The van der Waals surface area contributed by atoms with Crippen LogP contribution >= 0.6 is 12.4 Å². The highest BCUT2D eigenvalue weighted by Crippen LogP contribution is 2.32. The zero-order valence-corrected chi connectivity index (χ0v) is 13.3. The number of hydrogen-bond donors (Lipinski definition) is 3. The number of rotatable bonds is 3. The zero-order chi connectivity index (χ0) is 13.9. The van der Waals surface area contributed by atoms with E-state index in [-0.39, 0.29) is 41.8 Å². The maximum Gasteiger partial charge on any atom is 0.224 e. The number of aliphatic hydroxyl groups excluding tert-OH is 1. The average molecular weight is 305 g/mol. The van der Waals surface area contributed by atoms with Crippen LogP contribution in [0.25, 0.3) is 0 Å². The van der Waals surface area contributed by atoms with Gasteiger partial charge in [0.05, 0.1) is 12.0 Å². The van der Waals surface area contributed by atoms with Gasteiger partial charge in [-0.1, -0.05) is 25.7 Å². The summed E-state index contributed by atoms with van der Waals surface area (Å²) in [5, 5.41) is 12.9. The third kappa shape index (κ3) is 4.34. The molecule has 0 saturated heterocycles. The predicted molar refractivity (Wildman–Crippen MR) is 82.8 cm³/mol. The van der Waals surface area contributed by atoms with Gasteiger partial charge in [0, 0.05) is 18.0 Å². The first-order valence-corrected chi connectivity index (χ1v) is 7.75. The van der Waals surface area contributed by atoms with Crippen molar-refractivity contribution in [3.05, 3.63) is 0 Å². The van der Waals surface area contributed by atoms with Gasteiger partial charge in [0.2, 0.25) is 5.91 Å². The predicted octanol–water partition coefficient (Wildman–Crippen LogP) is 1.98. The molecular weight excluding hydrogens is 276 g/mol. The summed E-state index contributed by atoms with van der Waals surface area (Å²) in [5.74, 6) is 0.245. The number of hydrogen-bond acceptors (Lipinski definition) is 3. The molecule has 0 bridgehead atoms. The highest BCUT2D eigenvalue weighted by molar-refractivity contribution is 5.85. The van der Waals surface area contributed by atoms with E-state index in [9.17, 15) is 9.90 Å². The SMILES string of the molecule is CC1(N)CCCCC1C(=O)NCC1CCCCC1O.Cl. The fraction of sp³-hybridized carbons (Fsp3) is 0.933. The molecule has 4 N–H and O–H groups in total. The minimum absolute atomic E-state index is 0. The van der Waals surface area contributed by atoms with Crippen LogP contribution in [-0.4, -0.2) is 29.2 Å². The summed E-state index contributed by atoms with van der Waals surface area (Å²) in [4.78, 5) is 12.3. The second-order valence-corrected chi connectivity index (χ2v) is 6.66. The quantitative estimate of drug-likeness (QED) is 0.746. The lowest BCUT2D eigenvalue weighted by Gasteiger charge is -2.37. The van der Waals surface area contributed by atoms with Gasteiger partial charge in [0.1, 0.15) is 0 Å². The average Bonchev–Trinajstić information content (AvgIpc) is 2.37. The highest BCUT2D eigenvalue weighted by atomic mass is 35.5. The van der Waals surface area contributed by atoms with Crippen LogP contribution in [0.2, 0.25) is 0 Å². The first-order valence-electron chi connectivity index (χ1n) is 7.75. The first kappa shape index (κ1) is 17.7. The summed E-state index contributed by atoms with van der Waals surface area (Å²) >= 11 is 0. The summed E-state index contributed by atoms with van der Waals surface area (Å²) in [6.07, 6.45) is 7.96. The van der Waals surface area contributed by atoms with Gasteiger partial charge in [0.25, 0.3) is 0 Å². The largest absolute Gasteiger partial charge is 0.393 e. The summed E-state index contributed by atoms with van der Waals surface area (Å²) in [6.45, 7) is 2.60. The van der Waals surface area contributed by atoms with Crippen molar-refractivity contribution < 1.29 is 9.90 Å². The molecular formula is C15H29ClN2O2. The van der Waals surface area contributed by atoms with Gasteiger partial charge >= 0.3 is 0 Å². The maximum absolute atomic E-state index is 12.3. The number of nitrogens with two attached hydrogens (primary N) is 1. The second-order valence-electron chi connectivity index (χ2n) is 6.66. The van der Waals surface area contributed by atoms with Crippen molar-refractivity contribution in [1.29, 1.82) is 0 Å². The molecule has 0 aromatic heterocycles. The molecule has 2 aliphatic rings. The van der Waals surface area contributed by atoms with Crippen molar-refractivity contribution in [2.24, 2.45) is 17.6 Å². The van der Waals surface area contributed by atoms with E-state index in [1.807, 2.05) is 6.92 Å². The van der Waals surface area contributed by atoms with Gasteiger partial charge in [-0.15, -0.1) is 12.4 Å². The minimum Gasteiger partial charge on any atom is -0.393 e. The molecule has 0 aromatic carbocycles. The number of aliphatic hydroxyl groups is 1. The fourth-order valence-electron chi connectivity index (χ4n) is 3.57. The molecule has 0 aromatic rings. The number of carbonyl (C=O) groups is 1. The summed E-state index contributed by atoms with van der Waals surface area (Å²) < 4.78 is 0. The second kappa shape index (κ2) is 7.62. The van der Waals surface area contributed by atoms with Crippen LogP contribution in [0.3, 0.4) is 0 Å². The number of halogens is 1. The Hall–Kier alpha value is -0.320. The third-order valence-electron chi connectivity index (χ3n) is 4.98. The summed E-state index contributed by atoms with van der Waals surface area (Å²) in [6, 6.07) is 0. The van der Waals surface area contributed by atoms with E-state index in [0.717, 1.165) is 51.4 Å². The topological polar surface area (TPSA) is 75.4 Å². The van der Waals surface area contributed by atoms with Crippen LogP contribution in [0.1, 0.15) is 58.3 Å². The maximum atomic E-state index is 12.3. The summed E-state index contributed by atoms with van der Waals surface area (Å²) in [5.41, 5.74) is 5.88. The Balaban J connectivity index is 0.00000200. The molecule has 4 atom stereocenters. The van der Waals surface area contributed by atoms with E-state index in [1.165, 1.54) is 0 Å². The van der Waals surface area contributed by atoms with Gasteiger partial charge in [-0.3, -0.25) is 4.79 Å². The minimum atomic E-state index is -0.368. The lowest BCUT2D eigenvalue weighted by molar-refractivity contribution is -0.128. The van der Waals surface area contributed by atoms with Crippen molar-refractivity contribution in [3.8, 4) is 0 Å². The molecule has 2 saturated carbocycles. The molecule has 2 fully saturated rings. The van der Waals surface area contributed by atoms with Crippen LogP contribution in [0, 0.1) is 11.8 Å². The van der Waals surface area contributed by atoms with Crippen molar-refractivity contribution in [1.82, 2.24) is 5.32 Å². The molecule has 20 heavy (non-hydrogen) atoms. The van der Waals surface area contributed by atoms with Crippen molar-refractivity contribution in [2.75, 3.05) is 6.54 Å². The van der Waals surface area contributed by atoms with Crippen molar-refractivity contribution in [3.63, 3.8) is 0 Å². The molecule has 0 aliphatic heterocycles. The van der Waals surface area contributed by atoms with E-state index < -0.39 is 0 Å². The first-order chi connectivity index (χ1) is 9.00. The Bertz CT molecular complexity index is 323. The van der Waals surface area contributed by atoms with Crippen molar-refractivity contribution >= 4 is 18.3 Å². The van der Waals surface area contributed by atoms with E-state index in [2.05, 4.69) is 5.32 Å². The number of nitrogens with one attached hydrogen (secondary N) is 1. The molecule has 5 heteroatoms. The van der Waals surface area contributed by atoms with Gasteiger partial charge in [-0.2, -0.15) is 0 Å². The Morgan fingerprint density at radius 3 is 2.55 bits per heavy atom. The van der Waals surface area contributed by atoms with E-state index >= 15 is 0 Å². The lowest BCUT2D eigenvalue weighted by atomic mass is 9.74. The molecule has 118 valence electrons. The van der Waals surface area contributed by atoms with Gasteiger partial charge in [0.15, 0.2) is 0 Å². The molecule has 1 amide bonds. The van der Waals surface area contributed by atoms with Crippen LogP contribution in [0.5, 0.6) is 0 Å². The zero-order valence-electron chi connectivity index (χ0n) is 12.4. The molecule has 0 heterocycles. The van der Waals surface area contributed by atoms with Crippen LogP contribution in [-0.2, 0) is 4.79 Å².